The van der Waals surface area contributed by atoms with Crippen molar-refractivity contribution in [2.75, 3.05) is 6.61 Å². The monoisotopic (exact) mass is 418 g/mol. The van der Waals surface area contributed by atoms with Gasteiger partial charge in [-0.15, -0.1) is 0 Å². The first-order valence-corrected chi connectivity index (χ1v) is 10.8. The molecule has 4 aliphatic carbocycles. The van der Waals surface area contributed by atoms with Crippen LogP contribution < -0.4 is 0 Å². The van der Waals surface area contributed by atoms with Crippen molar-refractivity contribution in [3.05, 3.63) is 11.6 Å². The van der Waals surface area contributed by atoms with Crippen molar-refractivity contribution in [1.29, 1.82) is 0 Å². The van der Waals surface area contributed by atoms with Crippen LogP contribution in [-0.4, -0.2) is 50.8 Å². The molecule has 1 unspecified atom stereocenters. The Kier molecular flexibility index (Phi) is 4.86. The van der Waals surface area contributed by atoms with E-state index in [0.717, 1.165) is 5.57 Å². The normalized spacial score (nSPS) is 45.3. The van der Waals surface area contributed by atoms with Crippen LogP contribution in [0.1, 0.15) is 58.8 Å². The lowest BCUT2D eigenvalue weighted by Gasteiger charge is -2.59. The zero-order valence-corrected chi connectivity index (χ0v) is 17.5. The van der Waals surface area contributed by atoms with Gasteiger partial charge in [0.2, 0.25) is 0 Å². The lowest BCUT2D eigenvalue weighted by Crippen LogP contribution is -2.62. The van der Waals surface area contributed by atoms with Crippen molar-refractivity contribution in [2.24, 2.45) is 34.5 Å². The van der Waals surface area contributed by atoms with Crippen LogP contribution >= 0.6 is 0 Å². The molecule has 0 aromatic heterocycles. The largest absolute Gasteiger partial charge is 0.481 e. The molecule has 0 heterocycles. The predicted molar refractivity (Wildman–Crippen MR) is 105 cm³/mol. The second-order valence-corrected chi connectivity index (χ2v) is 10.2. The molecule has 7 atom stereocenters. The number of carbonyl (C=O) groups is 4. The number of carbonyl (C=O) groups excluding carboxylic acids is 3. The van der Waals surface area contributed by atoms with Gasteiger partial charge in [0.1, 0.15) is 18.0 Å². The maximum absolute atomic E-state index is 13.6. The molecule has 0 amide bonds. The molecule has 4 aliphatic rings. The Hall–Kier alpha value is -1.86. The van der Waals surface area contributed by atoms with E-state index in [0.29, 0.717) is 19.3 Å². The molecule has 3 N–H and O–H groups in total. The van der Waals surface area contributed by atoms with Crippen molar-refractivity contribution in [2.45, 2.75) is 64.4 Å². The van der Waals surface area contributed by atoms with E-state index in [9.17, 15) is 34.5 Å². The number of fused-ring (bicyclic) bond motifs is 5. The molecule has 3 fully saturated rings. The molecular formula is C23H30O7. The Labute approximate surface area is 175 Å². The Morgan fingerprint density at radius 3 is 2.53 bits per heavy atom. The molecule has 0 aliphatic heterocycles. The van der Waals surface area contributed by atoms with Gasteiger partial charge in [0.05, 0.1) is 0 Å². The minimum Gasteiger partial charge on any atom is -0.481 e. The molecule has 0 spiro atoms. The third-order valence-corrected chi connectivity index (χ3v) is 9.16. The Morgan fingerprint density at radius 1 is 1.20 bits per heavy atom. The Balaban J connectivity index is 1.78. The quantitative estimate of drug-likeness (QED) is 0.633. The Morgan fingerprint density at radius 2 is 1.90 bits per heavy atom. The van der Waals surface area contributed by atoms with Crippen LogP contribution in [0.4, 0.5) is 0 Å². The third-order valence-electron chi connectivity index (χ3n) is 9.16. The van der Waals surface area contributed by atoms with E-state index in [4.69, 9.17) is 0 Å². The van der Waals surface area contributed by atoms with Crippen molar-refractivity contribution in [1.82, 2.24) is 0 Å². The number of aliphatic hydroxyl groups excluding tert-OH is 1. The number of carboxylic acid groups (broad SMARTS) is 1. The van der Waals surface area contributed by atoms with Gasteiger partial charge >= 0.3 is 5.97 Å². The van der Waals surface area contributed by atoms with Gasteiger partial charge in [-0.05, 0) is 49.5 Å². The van der Waals surface area contributed by atoms with Gasteiger partial charge in [0.25, 0.3) is 0 Å². The molecule has 164 valence electrons. The van der Waals surface area contributed by atoms with Gasteiger partial charge in [-0.1, -0.05) is 19.4 Å². The van der Waals surface area contributed by atoms with E-state index in [1.807, 2.05) is 6.92 Å². The topological polar surface area (TPSA) is 129 Å². The molecule has 0 aromatic carbocycles. The standard InChI is InChI=1S/C23H30O7/c1-21-10-17(26)20-15(16(21)5-6-23(21,30)18(27)11-24)4-3-12-7-14(25)8-13(9-19(28)29)22(12,20)2/h7,13,15-16,20,24,30H,3-6,8-11H2,1-2H3,(H,28,29)/t13?,15-,16-,20+,21-,22+,23-/m0/s1. The van der Waals surface area contributed by atoms with Crippen LogP contribution in [0.2, 0.25) is 0 Å². The minimum absolute atomic E-state index is 0.0255. The summed E-state index contributed by atoms with van der Waals surface area (Å²) in [5, 5.41) is 30.1. The number of rotatable bonds is 4. The molecule has 0 aromatic rings. The van der Waals surface area contributed by atoms with Gasteiger partial charge in [-0.3, -0.25) is 19.2 Å². The highest BCUT2D eigenvalue weighted by Gasteiger charge is 2.69. The molecule has 0 saturated heterocycles. The summed E-state index contributed by atoms with van der Waals surface area (Å²) in [6.07, 6.45) is 3.71. The van der Waals surface area contributed by atoms with Crippen molar-refractivity contribution < 1.29 is 34.5 Å². The summed E-state index contributed by atoms with van der Waals surface area (Å²) in [6.45, 7) is 2.98. The second-order valence-electron chi connectivity index (χ2n) is 10.2. The average molecular weight is 418 g/mol. The van der Waals surface area contributed by atoms with Crippen LogP contribution in [-0.2, 0) is 19.2 Å². The molecule has 0 radical (unpaired) electrons. The Bertz CT molecular complexity index is 860. The van der Waals surface area contributed by atoms with E-state index in [2.05, 4.69) is 0 Å². The number of Topliss-reactive ketones (excluding diaryl/α,β-unsaturated/α-hetero) is 2. The fraction of sp³-hybridized carbons (Fsp3) is 0.739. The van der Waals surface area contributed by atoms with E-state index in [1.54, 1.807) is 13.0 Å². The van der Waals surface area contributed by atoms with Gasteiger partial charge in [0.15, 0.2) is 11.6 Å². The van der Waals surface area contributed by atoms with Crippen LogP contribution in [0.5, 0.6) is 0 Å². The first-order chi connectivity index (χ1) is 14.0. The number of aliphatic carboxylic acids is 1. The number of carboxylic acids is 1. The first-order valence-electron chi connectivity index (χ1n) is 10.8. The van der Waals surface area contributed by atoms with Crippen molar-refractivity contribution in [3.8, 4) is 0 Å². The average Bonchev–Trinajstić information content (AvgIpc) is 2.93. The van der Waals surface area contributed by atoms with Gasteiger partial charge in [-0.2, -0.15) is 0 Å². The number of ketones is 3. The van der Waals surface area contributed by atoms with Crippen LogP contribution in [0.3, 0.4) is 0 Å². The smallest absolute Gasteiger partial charge is 0.303 e. The fourth-order valence-electron chi connectivity index (χ4n) is 7.66. The minimum atomic E-state index is -1.72. The molecule has 30 heavy (non-hydrogen) atoms. The fourth-order valence-corrected chi connectivity index (χ4v) is 7.66. The second kappa shape index (κ2) is 6.82. The number of hydrogen-bond donors (Lipinski definition) is 3. The van der Waals surface area contributed by atoms with Crippen LogP contribution in [0.25, 0.3) is 0 Å². The van der Waals surface area contributed by atoms with Crippen LogP contribution in [0, 0.1) is 34.5 Å². The lowest BCUT2D eigenvalue weighted by molar-refractivity contribution is -0.173. The molecule has 7 heteroatoms. The zero-order valence-electron chi connectivity index (χ0n) is 17.5. The predicted octanol–water partition coefficient (Wildman–Crippen LogP) is 1.69. The molecule has 0 bridgehead atoms. The zero-order chi connectivity index (χ0) is 22.1. The summed E-state index contributed by atoms with van der Waals surface area (Å²) in [7, 11) is 0. The summed E-state index contributed by atoms with van der Waals surface area (Å²) in [5.41, 5.74) is -2.47. The molecule has 7 nitrogen and oxygen atoms in total. The van der Waals surface area contributed by atoms with E-state index < -0.39 is 46.6 Å². The lowest BCUT2D eigenvalue weighted by atomic mass is 9.43. The summed E-state index contributed by atoms with van der Waals surface area (Å²) < 4.78 is 0. The maximum Gasteiger partial charge on any atom is 0.303 e. The van der Waals surface area contributed by atoms with Crippen LogP contribution in [0.15, 0.2) is 11.6 Å². The number of hydrogen-bond acceptors (Lipinski definition) is 6. The highest BCUT2D eigenvalue weighted by Crippen LogP contribution is 2.67. The number of allylic oxidation sites excluding steroid dienone is 1. The third kappa shape index (κ3) is 2.64. The summed E-state index contributed by atoms with van der Waals surface area (Å²) in [5.74, 6) is -2.76. The van der Waals surface area contributed by atoms with E-state index in [1.165, 1.54) is 0 Å². The van der Waals surface area contributed by atoms with Crippen molar-refractivity contribution >= 4 is 23.3 Å². The van der Waals surface area contributed by atoms with E-state index in [-0.39, 0.29) is 49.1 Å². The first kappa shape index (κ1) is 21.4. The summed E-state index contributed by atoms with van der Waals surface area (Å²) in [6, 6.07) is 0. The van der Waals surface area contributed by atoms with Gasteiger partial charge < -0.3 is 15.3 Å². The van der Waals surface area contributed by atoms with Crippen molar-refractivity contribution in [3.63, 3.8) is 0 Å². The van der Waals surface area contributed by atoms with Gasteiger partial charge in [0, 0.05) is 36.0 Å². The summed E-state index contributed by atoms with van der Waals surface area (Å²) in [4.78, 5) is 49.9. The maximum atomic E-state index is 13.6. The summed E-state index contributed by atoms with van der Waals surface area (Å²) >= 11 is 0. The van der Waals surface area contributed by atoms with E-state index >= 15 is 0 Å². The highest BCUT2D eigenvalue weighted by atomic mass is 16.4. The SMILES string of the molecule is C[C@]12CC(=O)[C@H]3[C@@H](CCC4=CC(=O)CC(CC(=O)O)[C@@]43C)[C@@H]1CC[C@]2(O)C(=O)CO. The number of aliphatic hydroxyl groups is 2. The molecular weight excluding hydrogens is 388 g/mol. The molecule has 3 saturated carbocycles. The highest BCUT2D eigenvalue weighted by molar-refractivity contribution is 5.95. The molecule has 4 rings (SSSR count). The van der Waals surface area contributed by atoms with Gasteiger partial charge in [-0.25, -0.2) is 0 Å².